The highest BCUT2D eigenvalue weighted by Crippen LogP contribution is 2.26. The van der Waals surface area contributed by atoms with Gasteiger partial charge in [-0.3, -0.25) is 9.36 Å². The van der Waals surface area contributed by atoms with Crippen molar-refractivity contribution in [1.82, 2.24) is 9.55 Å². The second kappa shape index (κ2) is 2.60. The van der Waals surface area contributed by atoms with E-state index in [0.29, 0.717) is 17.4 Å². The van der Waals surface area contributed by atoms with Crippen molar-refractivity contribution in [2.75, 3.05) is 0 Å². The van der Waals surface area contributed by atoms with E-state index in [4.69, 9.17) is 0 Å². The molecule has 12 heavy (non-hydrogen) atoms. The minimum Gasteiger partial charge on any atom is -0.380 e. The van der Waals surface area contributed by atoms with E-state index in [1.54, 1.807) is 6.92 Å². The van der Waals surface area contributed by atoms with E-state index in [-0.39, 0.29) is 5.56 Å². The van der Waals surface area contributed by atoms with Crippen LogP contribution in [-0.4, -0.2) is 20.1 Å². The predicted molar refractivity (Wildman–Crippen MR) is 45.1 cm³/mol. The van der Waals surface area contributed by atoms with Crippen LogP contribution in [0, 0.1) is 6.92 Å². The summed E-state index contributed by atoms with van der Waals surface area (Å²) in [7, 11) is 0. The first-order valence-electron chi connectivity index (χ1n) is 3.60. The van der Waals surface area contributed by atoms with Crippen molar-refractivity contribution in [2.24, 2.45) is 0 Å². The van der Waals surface area contributed by atoms with Crippen molar-refractivity contribution in [3.05, 3.63) is 22.1 Å². The Kier molecular flexibility index (Phi) is 1.69. The zero-order valence-electron chi connectivity index (χ0n) is 6.52. The lowest BCUT2D eigenvalue weighted by molar-refractivity contribution is 0.245. The minimum atomic E-state index is -0.521. The Bertz CT molecular complexity index is 374. The maximum absolute atomic E-state index is 11.3. The van der Waals surface area contributed by atoms with Crippen LogP contribution in [0.2, 0.25) is 0 Å². The molecule has 0 spiro atoms. The molecule has 1 aliphatic rings. The molecule has 5 heteroatoms. The lowest BCUT2D eigenvalue weighted by Gasteiger charge is -1.99. The molecule has 1 unspecified atom stereocenters. The largest absolute Gasteiger partial charge is 0.380 e. The summed E-state index contributed by atoms with van der Waals surface area (Å²) < 4.78 is 1.49. The van der Waals surface area contributed by atoms with Gasteiger partial charge in [0, 0.05) is 11.8 Å². The van der Waals surface area contributed by atoms with Gasteiger partial charge in [0.25, 0.3) is 5.56 Å². The minimum absolute atomic E-state index is 0.0819. The highest BCUT2D eigenvalue weighted by molar-refractivity contribution is 7.99. The Morgan fingerprint density at radius 2 is 2.58 bits per heavy atom. The van der Waals surface area contributed by atoms with Gasteiger partial charge in [-0.05, 0) is 6.92 Å². The zero-order chi connectivity index (χ0) is 8.72. The number of nitrogens with zero attached hydrogens (tertiary/aromatic N) is 2. The number of thioether (sulfide) groups is 1. The van der Waals surface area contributed by atoms with Crippen molar-refractivity contribution in [2.45, 2.75) is 24.1 Å². The molecule has 0 aromatic carbocycles. The van der Waals surface area contributed by atoms with Crippen molar-refractivity contribution >= 4 is 11.8 Å². The Morgan fingerprint density at radius 1 is 1.83 bits per heavy atom. The van der Waals surface area contributed by atoms with Gasteiger partial charge in [-0.25, -0.2) is 4.98 Å². The number of aromatic nitrogens is 2. The van der Waals surface area contributed by atoms with E-state index in [1.807, 2.05) is 0 Å². The van der Waals surface area contributed by atoms with Gasteiger partial charge < -0.3 is 5.11 Å². The van der Waals surface area contributed by atoms with Crippen LogP contribution >= 0.6 is 11.8 Å². The monoisotopic (exact) mass is 184 g/mol. The quantitative estimate of drug-likeness (QED) is 0.575. The fraction of sp³-hybridized carbons (Fsp3) is 0.429. The van der Waals surface area contributed by atoms with Gasteiger partial charge in [0.05, 0.1) is 6.54 Å². The Balaban J connectivity index is 2.60. The second-order valence-corrected chi connectivity index (χ2v) is 3.85. The van der Waals surface area contributed by atoms with E-state index >= 15 is 0 Å². The summed E-state index contributed by atoms with van der Waals surface area (Å²) in [6.45, 7) is 2.12. The maximum Gasteiger partial charge on any atom is 0.254 e. The van der Waals surface area contributed by atoms with E-state index < -0.39 is 5.44 Å². The van der Waals surface area contributed by atoms with Crippen LogP contribution in [0.4, 0.5) is 0 Å². The van der Waals surface area contributed by atoms with E-state index in [1.165, 1.54) is 22.4 Å². The molecule has 1 aromatic heterocycles. The normalized spacial score (nSPS) is 21.0. The first-order chi connectivity index (χ1) is 5.66. The zero-order valence-corrected chi connectivity index (χ0v) is 7.34. The molecule has 1 aromatic rings. The number of hydrogen-bond donors (Lipinski definition) is 1. The van der Waals surface area contributed by atoms with Crippen LogP contribution in [0.5, 0.6) is 0 Å². The van der Waals surface area contributed by atoms with Crippen molar-refractivity contribution in [3.63, 3.8) is 0 Å². The maximum atomic E-state index is 11.3. The molecule has 2 rings (SSSR count). The summed E-state index contributed by atoms with van der Waals surface area (Å²) in [6.07, 6.45) is 0. The van der Waals surface area contributed by atoms with Gasteiger partial charge in [-0.1, -0.05) is 11.8 Å². The average Bonchev–Trinajstić information content (AvgIpc) is 2.29. The fourth-order valence-electron chi connectivity index (χ4n) is 1.17. The third-order valence-corrected chi connectivity index (χ3v) is 2.63. The van der Waals surface area contributed by atoms with Crippen molar-refractivity contribution < 1.29 is 5.11 Å². The smallest absolute Gasteiger partial charge is 0.254 e. The first-order valence-corrected chi connectivity index (χ1v) is 4.48. The first kappa shape index (κ1) is 7.82. The molecule has 1 aliphatic heterocycles. The second-order valence-electron chi connectivity index (χ2n) is 2.70. The van der Waals surface area contributed by atoms with Gasteiger partial charge in [0.15, 0.2) is 5.16 Å². The number of aliphatic hydroxyl groups is 1. The molecule has 64 valence electrons. The average molecular weight is 184 g/mol. The van der Waals surface area contributed by atoms with Crippen LogP contribution < -0.4 is 5.56 Å². The molecule has 0 amide bonds. The fourth-order valence-corrected chi connectivity index (χ4v) is 2.12. The topological polar surface area (TPSA) is 55.1 Å². The predicted octanol–water partition coefficient (Wildman–Crippen LogP) is -0.0242. The van der Waals surface area contributed by atoms with Gasteiger partial charge in [-0.15, -0.1) is 0 Å². The summed E-state index contributed by atoms with van der Waals surface area (Å²) in [6, 6.07) is 1.47. The number of aryl methyl sites for hydroxylation is 1. The van der Waals surface area contributed by atoms with Gasteiger partial charge >= 0.3 is 0 Å². The van der Waals surface area contributed by atoms with Gasteiger partial charge in [0.2, 0.25) is 0 Å². The molecule has 0 bridgehead atoms. The van der Waals surface area contributed by atoms with E-state index in [0.717, 1.165) is 0 Å². The standard InChI is InChI=1S/C7H8N2O2S/c1-4-2-5(10)9-3-6(11)12-7(9)8-4/h2,6,11H,3H2,1H3. The van der Waals surface area contributed by atoms with Crippen LogP contribution in [0.25, 0.3) is 0 Å². The molecule has 0 radical (unpaired) electrons. The Hall–Kier alpha value is -0.810. The Morgan fingerprint density at radius 3 is 3.33 bits per heavy atom. The molecule has 2 heterocycles. The lowest BCUT2D eigenvalue weighted by Crippen LogP contribution is -2.21. The summed E-state index contributed by atoms with van der Waals surface area (Å²) in [5.74, 6) is 0. The number of aliphatic hydroxyl groups excluding tert-OH is 1. The molecule has 4 nitrogen and oxygen atoms in total. The Labute approximate surface area is 73.2 Å². The van der Waals surface area contributed by atoms with E-state index in [9.17, 15) is 9.90 Å². The van der Waals surface area contributed by atoms with Gasteiger partial charge in [0.1, 0.15) is 5.44 Å². The van der Waals surface area contributed by atoms with Crippen LogP contribution in [-0.2, 0) is 6.54 Å². The molecule has 1 atom stereocenters. The molecular formula is C7H8N2O2S. The molecule has 0 saturated carbocycles. The van der Waals surface area contributed by atoms with Crippen LogP contribution in [0.3, 0.4) is 0 Å². The SMILES string of the molecule is Cc1cc(=O)n2c(n1)SC(O)C2. The lowest BCUT2D eigenvalue weighted by atomic mass is 10.4. The van der Waals surface area contributed by atoms with Crippen LogP contribution in [0.1, 0.15) is 5.69 Å². The third-order valence-electron chi connectivity index (χ3n) is 1.68. The number of rotatable bonds is 0. The van der Waals surface area contributed by atoms with Crippen molar-refractivity contribution in [3.8, 4) is 0 Å². The highest BCUT2D eigenvalue weighted by atomic mass is 32.2. The summed E-state index contributed by atoms with van der Waals surface area (Å²) in [4.78, 5) is 15.4. The summed E-state index contributed by atoms with van der Waals surface area (Å²) >= 11 is 1.23. The van der Waals surface area contributed by atoms with Gasteiger partial charge in [-0.2, -0.15) is 0 Å². The third kappa shape index (κ3) is 1.15. The number of hydrogen-bond acceptors (Lipinski definition) is 4. The molecule has 0 aliphatic carbocycles. The summed E-state index contributed by atoms with van der Waals surface area (Å²) in [5.41, 5.74) is 0.0985. The molecule has 0 saturated heterocycles. The highest BCUT2D eigenvalue weighted by Gasteiger charge is 2.21. The summed E-state index contributed by atoms with van der Waals surface area (Å²) in [5, 5.41) is 9.85. The molecule has 0 fully saturated rings. The molecule has 1 N–H and O–H groups in total. The number of fused-ring (bicyclic) bond motifs is 1. The van der Waals surface area contributed by atoms with Crippen LogP contribution in [0.15, 0.2) is 16.0 Å². The molecular weight excluding hydrogens is 176 g/mol. The van der Waals surface area contributed by atoms with E-state index in [2.05, 4.69) is 4.98 Å². The van der Waals surface area contributed by atoms with Crippen molar-refractivity contribution in [1.29, 1.82) is 0 Å².